The van der Waals surface area contributed by atoms with Crippen LogP contribution in [0.25, 0.3) is 0 Å². The fourth-order valence-electron chi connectivity index (χ4n) is 1.19. The van der Waals surface area contributed by atoms with Gasteiger partial charge in [-0.25, -0.2) is 0 Å². The van der Waals surface area contributed by atoms with Gasteiger partial charge in [-0.05, 0) is 19.1 Å². The zero-order chi connectivity index (χ0) is 11.3. The molecule has 1 heterocycles. The Kier molecular flexibility index (Phi) is 4.24. The molecule has 0 aromatic carbocycles. The van der Waals surface area contributed by atoms with E-state index in [1.54, 1.807) is 13.1 Å². The first-order chi connectivity index (χ1) is 7.11. The summed E-state index contributed by atoms with van der Waals surface area (Å²) in [5.74, 6) is -0.438. The second-order valence-corrected chi connectivity index (χ2v) is 3.69. The highest BCUT2D eigenvalue weighted by Gasteiger charge is 2.11. The summed E-state index contributed by atoms with van der Waals surface area (Å²) in [5, 5.41) is 3.22. The van der Waals surface area contributed by atoms with Crippen LogP contribution in [0.5, 0.6) is 0 Å². The molecule has 0 spiro atoms. The van der Waals surface area contributed by atoms with Crippen molar-refractivity contribution in [3.05, 3.63) is 30.1 Å². The van der Waals surface area contributed by atoms with Gasteiger partial charge in [0.1, 0.15) is 0 Å². The van der Waals surface area contributed by atoms with Crippen LogP contribution in [0, 0.1) is 5.92 Å². The number of hydrogen-bond acceptors (Lipinski definition) is 3. The lowest BCUT2D eigenvalue weighted by atomic mass is 10.1. The highest BCUT2D eigenvalue weighted by atomic mass is 16.1. The van der Waals surface area contributed by atoms with Crippen molar-refractivity contribution in [3.8, 4) is 0 Å². The second-order valence-electron chi connectivity index (χ2n) is 3.69. The molecule has 1 rings (SSSR count). The molecule has 0 aliphatic carbocycles. The van der Waals surface area contributed by atoms with Crippen LogP contribution >= 0.6 is 0 Å². The van der Waals surface area contributed by atoms with Crippen molar-refractivity contribution in [2.75, 3.05) is 6.54 Å². The molecule has 1 amide bonds. The lowest BCUT2D eigenvalue weighted by Gasteiger charge is -2.15. The van der Waals surface area contributed by atoms with Gasteiger partial charge in [-0.3, -0.25) is 9.78 Å². The van der Waals surface area contributed by atoms with Crippen molar-refractivity contribution >= 4 is 5.91 Å². The minimum absolute atomic E-state index is 0.132. The molecule has 0 bridgehead atoms. The Balaban J connectivity index is 2.43. The average molecular weight is 207 g/mol. The average Bonchev–Trinajstić information content (AvgIpc) is 2.26. The van der Waals surface area contributed by atoms with E-state index in [4.69, 9.17) is 5.73 Å². The van der Waals surface area contributed by atoms with Gasteiger partial charge in [0.25, 0.3) is 0 Å². The Hall–Kier alpha value is -1.42. The van der Waals surface area contributed by atoms with Crippen molar-refractivity contribution in [1.29, 1.82) is 0 Å². The molecular weight excluding hydrogens is 190 g/mol. The third kappa shape index (κ3) is 3.67. The van der Waals surface area contributed by atoms with Crippen LogP contribution in [0.1, 0.15) is 25.6 Å². The molecule has 0 radical (unpaired) electrons. The number of nitrogens with one attached hydrogen (secondary N) is 1. The summed E-state index contributed by atoms with van der Waals surface area (Å²) < 4.78 is 0. The molecule has 1 aromatic heterocycles. The summed E-state index contributed by atoms with van der Waals surface area (Å²) in [6.45, 7) is 4.39. The molecule has 15 heavy (non-hydrogen) atoms. The molecule has 1 unspecified atom stereocenters. The van der Waals surface area contributed by atoms with Gasteiger partial charge < -0.3 is 11.1 Å². The zero-order valence-electron chi connectivity index (χ0n) is 9.10. The van der Waals surface area contributed by atoms with E-state index in [2.05, 4.69) is 10.3 Å². The quantitative estimate of drug-likeness (QED) is 0.752. The Morgan fingerprint density at radius 2 is 2.27 bits per heavy atom. The highest BCUT2D eigenvalue weighted by molar-refractivity contribution is 5.76. The Labute approximate surface area is 89.9 Å². The third-order valence-electron chi connectivity index (χ3n) is 2.35. The summed E-state index contributed by atoms with van der Waals surface area (Å²) in [4.78, 5) is 15.0. The summed E-state index contributed by atoms with van der Waals surface area (Å²) >= 11 is 0. The number of primary amides is 1. The maximum atomic E-state index is 10.8. The van der Waals surface area contributed by atoms with Crippen LogP contribution < -0.4 is 11.1 Å². The SMILES string of the molecule is CC(CN[C@@H](C)c1ccccn1)C(N)=O. The predicted molar refractivity (Wildman–Crippen MR) is 59.0 cm³/mol. The van der Waals surface area contributed by atoms with Crippen LogP contribution in [-0.4, -0.2) is 17.4 Å². The first-order valence-electron chi connectivity index (χ1n) is 5.05. The summed E-state index contributed by atoms with van der Waals surface area (Å²) in [7, 11) is 0. The van der Waals surface area contributed by atoms with Crippen molar-refractivity contribution in [2.24, 2.45) is 11.7 Å². The van der Waals surface area contributed by atoms with Crippen LogP contribution in [0.3, 0.4) is 0 Å². The number of hydrogen-bond donors (Lipinski definition) is 2. The molecule has 4 nitrogen and oxygen atoms in total. The summed E-state index contributed by atoms with van der Waals surface area (Å²) in [6.07, 6.45) is 1.75. The first-order valence-corrected chi connectivity index (χ1v) is 5.05. The first kappa shape index (κ1) is 11.7. The number of carbonyl (C=O) groups excluding carboxylic acids is 1. The van der Waals surface area contributed by atoms with E-state index in [1.165, 1.54) is 0 Å². The standard InChI is InChI=1S/C11H17N3O/c1-8(11(12)15)7-14-9(2)10-5-3-4-6-13-10/h3-6,8-9,14H,7H2,1-2H3,(H2,12,15)/t8?,9-/m0/s1. The molecule has 0 saturated heterocycles. The molecule has 0 fully saturated rings. The van der Waals surface area contributed by atoms with Crippen molar-refractivity contribution < 1.29 is 4.79 Å². The monoisotopic (exact) mass is 207 g/mol. The smallest absolute Gasteiger partial charge is 0.221 e. The second kappa shape index (κ2) is 5.46. The normalized spacial score (nSPS) is 14.5. The van der Waals surface area contributed by atoms with Gasteiger partial charge in [0.05, 0.1) is 5.69 Å². The van der Waals surface area contributed by atoms with E-state index >= 15 is 0 Å². The van der Waals surface area contributed by atoms with E-state index in [0.29, 0.717) is 6.54 Å². The minimum atomic E-state index is -0.282. The number of nitrogens with zero attached hydrogens (tertiary/aromatic N) is 1. The van der Waals surface area contributed by atoms with Gasteiger partial charge in [0, 0.05) is 24.7 Å². The molecule has 4 heteroatoms. The third-order valence-corrected chi connectivity index (χ3v) is 2.35. The van der Waals surface area contributed by atoms with Crippen LogP contribution in [0.2, 0.25) is 0 Å². The Morgan fingerprint density at radius 1 is 1.53 bits per heavy atom. The summed E-state index contributed by atoms with van der Waals surface area (Å²) in [5.41, 5.74) is 6.13. The number of pyridine rings is 1. The molecule has 0 aliphatic rings. The maximum absolute atomic E-state index is 10.8. The molecular formula is C11H17N3O. The van der Waals surface area contributed by atoms with Gasteiger partial charge >= 0.3 is 0 Å². The predicted octanol–water partition coefficient (Wildman–Crippen LogP) is 0.854. The molecule has 0 aliphatic heterocycles. The van der Waals surface area contributed by atoms with E-state index in [0.717, 1.165) is 5.69 Å². The number of carbonyl (C=O) groups is 1. The van der Waals surface area contributed by atoms with Gasteiger partial charge in [0.15, 0.2) is 0 Å². The number of rotatable bonds is 5. The van der Waals surface area contributed by atoms with Gasteiger partial charge in [0.2, 0.25) is 5.91 Å². The van der Waals surface area contributed by atoms with Crippen molar-refractivity contribution in [1.82, 2.24) is 10.3 Å². The van der Waals surface area contributed by atoms with Gasteiger partial charge in [-0.15, -0.1) is 0 Å². The minimum Gasteiger partial charge on any atom is -0.369 e. The number of nitrogens with two attached hydrogens (primary N) is 1. The van der Waals surface area contributed by atoms with Crippen molar-refractivity contribution in [2.45, 2.75) is 19.9 Å². The lowest BCUT2D eigenvalue weighted by molar-refractivity contribution is -0.121. The van der Waals surface area contributed by atoms with Crippen molar-refractivity contribution in [3.63, 3.8) is 0 Å². The molecule has 0 saturated carbocycles. The Bertz CT molecular complexity index is 313. The zero-order valence-corrected chi connectivity index (χ0v) is 9.10. The van der Waals surface area contributed by atoms with Gasteiger partial charge in [-0.1, -0.05) is 13.0 Å². The largest absolute Gasteiger partial charge is 0.369 e. The molecule has 82 valence electrons. The van der Waals surface area contributed by atoms with E-state index in [1.807, 2.05) is 25.1 Å². The van der Waals surface area contributed by atoms with E-state index < -0.39 is 0 Å². The lowest BCUT2D eigenvalue weighted by Crippen LogP contribution is -2.32. The Morgan fingerprint density at radius 3 is 2.80 bits per heavy atom. The van der Waals surface area contributed by atoms with Crippen LogP contribution in [0.4, 0.5) is 0 Å². The van der Waals surface area contributed by atoms with Crippen LogP contribution in [0.15, 0.2) is 24.4 Å². The number of amides is 1. The molecule has 3 N–H and O–H groups in total. The molecule has 1 aromatic rings. The van der Waals surface area contributed by atoms with E-state index in [9.17, 15) is 4.79 Å². The summed E-state index contributed by atoms with van der Waals surface area (Å²) in [6, 6.07) is 5.90. The van der Waals surface area contributed by atoms with Crippen LogP contribution in [-0.2, 0) is 4.79 Å². The topological polar surface area (TPSA) is 68.0 Å². The van der Waals surface area contributed by atoms with E-state index in [-0.39, 0.29) is 17.9 Å². The fourth-order valence-corrected chi connectivity index (χ4v) is 1.19. The maximum Gasteiger partial charge on any atom is 0.221 e. The molecule has 2 atom stereocenters. The van der Waals surface area contributed by atoms with Gasteiger partial charge in [-0.2, -0.15) is 0 Å². The number of aromatic nitrogens is 1. The highest BCUT2D eigenvalue weighted by Crippen LogP contribution is 2.08. The fraction of sp³-hybridized carbons (Fsp3) is 0.455.